The van der Waals surface area contributed by atoms with Gasteiger partial charge in [-0.05, 0) is 0 Å². The van der Waals surface area contributed by atoms with Gasteiger partial charge in [0.2, 0.25) is 0 Å². The highest BCUT2D eigenvalue weighted by molar-refractivity contribution is 5.67. The van der Waals surface area contributed by atoms with Gasteiger partial charge in [0.05, 0.1) is 13.2 Å². The van der Waals surface area contributed by atoms with Crippen molar-refractivity contribution in [3.8, 4) is 0 Å². The first kappa shape index (κ1) is 17.6. The Bertz CT molecular complexity index is 463. The summed E-state index contributed by atoms with van der Waals surface area (Å²) >= 11 is 0. The van der Waals surface area contributed by atoms with E-state index in [4.69, 9.17) is 28.4 Å². The topological polar surface area (TPSA) is 107 Å². The van der Waals surface area contributed by atoms with Crippen molar-refractivity contribution < 1.29 is 42.8 Å². The molecule has 0 aromatic rings. The summed E-state index contributed by atoms with van der Waals surface area (Å²) in [5.41, 5.74) is 0. The van der Waals surface area contributed by atoms with E-state index in [1.807, 2.05) is 0 Å². The van der Waals surface area contributed by atoms with E-state index >= 15 is 0 Å². The lowest BCUT2D eigenvalue weighted by molar-refractivity contribution is -0.228. The molecule has 2 rings (SSSR count). The summed E-state index contributed by atoms with van der Waals surface area (Å²) in [4.78, 5) is 33.7. The van der Waals surface area contributed by atoms with Crippen LogP contribution in [-0.2, 0) is 42.8 Å². The lowest BCUT2D eigenvalue weighted by atomic mass is 10.1. The van der Waals surface area contributed by atoms with E-state index in [9.17, 15) is 14.4 Å². The number of ether oxygens (including phenoxy) is 6. The minimum atomic E-state index is -0.946. The van der Waals surface area contributed by atoms with Gasteiger partial charge >= 0.3 is 17.9 Å². The smallest absolute Gasteiger partial charge is 0.303 e. The van der Waals surface area contributed by atoms with Gasteiger partial charge in [0.25, 0.3) is 0 Å². The normalized spacial score (nSPS) is 30.9. The first-order chi connectivity index (χ1) is 10.9. The zero-order chi connectivity index (χ0) is 17.0. The Morgan fingerprint density at radius 1 is 1.04 bits per heavy atom. The molecule has 130 valence electrons. The molecule has 0 radical (unpaired) electrons. The second-order valence-electron chi connectivity index (χ2n) is 5.20. The second kappa shape index (κ2) is 7.71. The molecule has 2 aliphatic rings. The van der Waals surface area contributed by atoms with Gasteiger partial charge in [-0.25, -0.2) is 0 Å². The van der Waals surface area contributed by atoms with Crippen molar-refractivity contribution >= 4 is 17.9 Å². The molecular formula is C14H20O9. The first-order valence-corrected chi connectivity index (χ1v) is 7.25. The van der Waals surface area contributed by atoms with Crippen LogP contribution in [0.15, 0.2) is 0 Å². The third-order valence-corrected chi connectivity index (χ3v) is 3.32. The summed E-state index contributed by atoms with van der Waals surface area (Å²) in [5, 5.41) is 0. The van der Waals surface area contributed by atoms with Gasteiger partial charge in [0.15, 0.2) is 18.5 Å². The summed E-state index contributed by atoms with van der Waals surface area (Å²) in [7, 11) is 0. The molecule has 0 N–H and O–H groups in total. The molecule has 0 spiro atoms. The molecule has 23 heavy (non-hydrogen) atoms. The van der Waals surface area contributed by atoms with E-state index in [1.54, 1.807) is 0 Å². The Balaban J connectivity index is 2.16. The summed E-state index contributed by atoms with van der Waals surface area (Å²) in [6.07, 6.45) is -4.02. The maximum absolute atomic E-state index is 11.4. The molecular weight excluding hydrogens is 312 g/mol. The zero-order valence-electron chi connectivity index (χ0n) is 13.2. The predicted molar refractivity (Wildman–Crippen MR) is 72.1 cm³/mol. The Labute approximate surface area is 133 Å². The number of rotatable bonds is 5. The van der Waals surface area contributed by atoms with Gasteiger partial charge in [-0.1, -0.05) is 0 Å². The summed E-state index contributed by atoms with van der Waals surface area (Å²) in [6.45, 7) is 4.14. The van der Waals surface area contributed by atoms with Crippen molar-refractivity contribution in [2.75, 3.05) is 19.8 Å². The molecule has 9 heteroatoms. The van der Waals surface area contributed by atoms with Crippen molar-refractivity contribution in [1.82, 2.24) is 0 Å². The minimum Gasteiger partial charge on any atom is -0.462 e. The monoisotopic (exact) mass is 332 g/mol. The van der Waals surface area contributed by atoms with E-state index < -0.39 is 48.6 Å². The molecule has 2 aliphatic heterocycles. The fraction of sp³-hybridized carbons (Fsp3) is 0.786. The Morgan fingerprint density at radius 2 is 1.74 bits per heavy atom. The molecule has 2 fully saturated rings. The van der Waals surface area contributed by atoms with Crippen molar-refractivity contribution in [1.29, 1.82) is 0 Å². The molecule has 0 amide bonds. The lowest BCUT2D eigenvalue weighted by Crippen LogP contribution is -2.47. The molecule has 0 unspecified atom stereocenters. The van der Waals surface area contributed by atoms with Crippen LogP contribution in [0.3, 0.4) is 0 Å². The standard InChI is InChI=1S/C14H20O9/c1-7(15)20-6-10(21-8(2)16)11-12(22-9(3)17)13-14(23-11)19-5-4-18-13/h10-14H,4-6H2,1-3H3/t10-,11-,12+,13-,14+/m1/s1. The number of esters is 3. The molecule has 0 aromatic heterocycles. The molecule has 0 aromatic carbocycles. The number of hydrogen-bond acceptors (Lipinski definition) is 9. The molecule has 5 atom stereocenters. The van der Waals surface area contributed by atoms with Crippen LogP contribution in [-0.4, -0.2) is 68.4 Å². The average molecular weight is 332 g/mol. The minimum absolute atomic E-state index is 0.225. The molecule has 0 aliphatic carbocycles. The van der Waals surface area contributed by atoms with Crippen LogP contribution in [0.5, 0.6) is 0 Å². The van der Waals surface area contributed by atoms with Crippen LogP contribution in [0, 0.1) is 0 Å². The van der Waals surface area contributed by atoms with Crippen LogP contribution in [0.25, 0.3) is 0 Å². The highest BCUT2D eigenvalue weighted by Gasteiger charge is 2.53. The van der Waals surface area contributed by atoms with Crippen molar-refractivity contribution in [2.45, 2.75) is 51.5 Å². The lowest BCUT2D eigenvalue weighted by Gasteiger charge is -2.28. The van der Waals surface area contributed by atoms with E-state index in [2.05, 4.69) is 0 Å². The maximum atomic E-state index is 11.4. The largest absolute Gasteiger partial charge is 0.462 e. The first-order valence-electron chi connectivity index (χ1n) is 7.25. The second-order valence-corrected chi connectivity index (χ2v) is 5.20. The Hall–Kier alpha value is -1.71. The van der Waals surface area contributed by atoms with Gasteiger partial charge in [0.1, 0.15) is 18.8 Å². The maximum Gasteiger partial charge on any atom is 0.303 e. The molecule has 2 heterocycles. The van der Waals surface area contributed by atoms with Crippen LogP contribution >= 0.6 is 0 Å². The van der Waals surface area contributed by atoms with Gasteiger partial charge < -0.3 is 28.4 Å². The Morgan fingerprint density at radius 3 is 2.35 bits per heavy atom. The molecule has 0 bridgehead atoms. The number of hydrogen-bond donors (Lipinski definition) is 0. The fourth-order valence-electron chi connectivity index (χ4n) is 2.54. The van der Waals surface area contributed by atoms with Crippen molar-refractivity contribution in [2.24, 2.45) is 0 Å². The quantitative estimate of drug-likeness (QED) is 0.489. The summed E-state index contributed by atoms with van der Waals surface area (Å²) in [6, 6.07) is 0. The SMILES string of the molecule is CC(=O)OC[C@@H](OC(C)=O)[C@H]1O[C@@H]2OCCO[C@@H]2[C@H]1OC(C)=O. The third-order valence-electron chi connectivity index (χ3n) is 3.32. The van der Waals surface area contributed by atoms with Crippen molar-refractivity contribution in [3.05, 3.63) is 0 Å². The van der Waals surface area contributed by atoms with Crippen LogP contribution in [0.2, 0.25) is 0 Å². The molecule has 9 nitrogen and oxygen atoms in total. The number of carbonyl (C=O) groups is 3. The highest BCUT2D eigenvalue weighted by atomic mass is 16.8. The molecule has 0 saturated carbocycles. The van der Waals surface area contributed by atoms with Gasteiger partial charge in [0, 0.05) is 20.8 Å². The predicted octanol–water partition coefficient (Wildman–Crippen LogP) is -0.447. The van der Waals surface area contributed by atoms with Crippen molar-refractivity contribution in [3.63, 3.8) is 0 Å². The number of carbonyl (C=O) groups excluding carboxylic acids is 3. The zero-order valence-corrected chi connectivity index (χ0v) is 13.2. The highest BCUT2D eigenvalue weighted by Crippen LogP contribution is 2.32. The van der Waals surface area contributed by atoms with Gasteiger partial charge in [-0.15, -0.1) is 0 Å². The fourth-order valence-corrected chi connectivity index (χ4v) is 2.54. The summed E-state index contributed by atoms with van der Waals surface area (Å²) in [5.74, 6) is -1.65. The van der Waals surface area contributed by atoms with Gasteiger partial charge in [-0.2, -0.15) is 0 Å². The average Bonchev–Trinajstić information content (AvgIpc) is 2.81. The third kappa shape index (κ3) is 4.63. The summed E-state index contributed by atoms with van der Waals surface area (Å²) < 4.78 is 32.0. The van der Waals surface area contributed by atoms with Gasteiger partial charge in [-0.3, -0.25) is 14.4 Å². The van der Waals surface area contributed by atoms with E-state index in [1.165, 1.54) is 20.8 Å². The van der Waals surface area contributed by atoms with Crippen LogP contribution in [0.1, 0.15) is 20.8 Å². The van der Waals surface area contributed by atoms with E-state index in [0.717, 1.165) is 0 Å². The van der Waals surface area contributed by atoms with Crippen LogP contribution in [0.4, 0.5) is 0 Å². The molecule has 2 saturated heterocycles. The van der Waals surface area contributed by atoms with E-state index in [0.29, 0.717) is 13.2 Å². The number of fused-ring (bicyclic) bond motifs is 1. The Kier molecular flexibility index (Phi) is 5.91. The van der Waals surface area contributed by atoms with Crippen LogP contribution < -0.4 is 0 Å². The van der Waals surface area contributed by atoms with E-state index in [-0.39, 0.29) is 6.61 Å².